The Morgan fingerprint density at radius 1 is 1.44 bits per heavy atom. The third kappa shape index (κ3) is 2.75. The molecule has 3 rings (SSSR count). The summed E-state index contributed by atoms with van der Waals surface area (Å²) in [5.74, 6) is 0.177. The average molecular weight is 309 g/mol. The van der Waals surface area contributed by atoms with Crippen molar-refractivity contribution in [1.82, 2.24) is 10.2 Å². The molecule has 1 aromatic rings. The van der Waals surface area contributed by atoms with Crippen LogP contribution in [0.1, 0.15) is 24.0 Å². The third-order valence-electron chi connectivity index (χ3n) is 3.60. The lowest BCUT2D eigenvalue weighted by Crippen LogP contribution is -2.40. The Kier molecular flexibility index (Phi) is 3.39. The van der Waals surface area contributed by atoms with Gasteiger partial charge in [-0.1, -0.05) is 28.1 Å². The third-order valence-corrected chi connectivity index (χ3v) is 4.34. The highest BCUT2D eigenvalue weighted by Crippen LogP contribution is 2.26. The van der Waals surface area contributed by atoms with Crippen molar-refractivity contribution in [3.63, 3.8) is 0 Å². The normalized spacial score (nSPS) is 19.4. The van der Waals surface area contributed by atoms with Gasteiger partial charge in [-0.2, -0.15) is 0 Å². The van der Waals surface area contributed by atoms with E-state index in [1.54, 1.807) is 0 Å². The first kappa shape index (κ1) is 12.2. The molecular weight excluding hydrogens is 292 g/mol. The lowest BCUT2D eigenvalue weighted by molar-refractivity contribution is -0.122. The number of benzene rings is 1. The van der Waals surface area contributed by atoms with Crippen molar-refractivity contribution in [2.45, 2.75) is 31.8 Å². The lowest BCUT2D eigenvalue weighted by atomic mass is 10.00. The van der Waals surface area contributed by atoms with Crippen molar-refractivity contribution >= 4 is 21.8 Å². The molecule has 1 amide bonds. The number of halogens is 1. The maximum Gasteiger partial charge on any atom is 0.234 e. The van der Waals surface area contributed by atoms with E-state index >= 15 is 0 Å². The summed E-state index contributed by atoms with van der Waals surface area (Å²) >= 11 is 3.60. The van der Waals surface area contributed by atoms with E-state index in [0.29, 0.717) is 12.6 Å². The predicted octanol–water partition coefficient (Wildman–Crippen LogP) is 2.09. The van der Waals surface area contributed by atoms with Crippen molar-refractivity contribution in [3.05, 3.63) is 33.8 Å². The second kappa shape index (κ2) is 5.02. The van der Waals surface area contributed by atoms with Crippen molar-refractivity contribution < 1.29 is 4.79 Å². The van der Waals surface area contributed by atoms with E-state index in [-0.39, 0.29) is 5.91 Å². The molecule has 1 aromatic carbocycles. The number of carbonyl (C=O) groups is 1. The first-order valence-corrected chi connectivity index (χ1v) is 7.29. The molecule has 1 heterocycles. The van der Waals surface area contributed by atoms with E-state index in [2.05, 4.69) is 44.3 Å². The fraction of sp³-hybridized carbons (Fsp3) is 0.500. The summed E-state index contributed by atoms with van der Waals surface area (Å²) in [6, 6.07) is 6.78. The lowest BCUT2D eigenvalue weighted by Gasteiger charge is -2.28. The largest absolute Gasteiger partial charge is 0.352 e. The number of nitrogens with one attached hydrogen (secondary N) is 1. The van der Waals surface area contributed by atoms with Gasteiger partial charge in [0.25, 0.3) is 0 Å². The maximum atomic E-state index is 11.8. The van der Waals surface area contributed by atoms with Crippen LogP contribution in [-0.2, 0) is 17.8 Å². The molecule has 1 N–H and O–H groups in total. The highest BCUT2D eigenvalue weighted by molar-refractivity contribution is 9.10. The summed E-state index contributed by atoms with van der Waals surface area (Å²) in [5, 5.41) is 3.05. The zero-order valence-electron chi connectivity index (χ0n) is 10.3. The Hall–Kier alpha value is -0.870. The fourth-order valence-corrected chi connectivity index (χ4v) is 3.07. The molecule has 1 saturated carbocycles. The van der Waals surface area contributed by atoms with Crippen LogP contribution in [0.25, 0.3) is 0 Å². The molecular formula is C14H17BrN2O. The molecule has 0 aromatic heterocycles. The standard InChI is InChI=1S/C14H17BrN2O/c15-13-3-1-2-10-8-17(7-6-12(10)13)9-14(18)16-11-4-5-11/h1-3,11H,4-9H2,(H,16,18). The van der Waals surface area contributed by atoms with Gasteiger partial charge in [-0.15, -0.1) is 0 Å². The van der Waals surface area contributed by atoms with E-state index in [1.165, 1.54) is 15.6 Å². The monoisotopic (exact) mass is 308 g/mol. The SMILES string of the molecule is O=C(CN1CCc2c(Br)cccc2C1)NC1CC1. The Morgan fingerprint density at radius 2 is 2.28 bits per heavy atom. The summed E-state index contributed by atoms with van der Waals surface area (Å²) in [5.41, 5.74) is 2.74. The minimum absolute atomic E-state index is 0.177. The summed E-state index contributed by atoms with van der Waals surface area (Å²) in [6.07, 6.45) is 3.33. The number of carbonyl (C=O) groups excluding carboxylic acids is 1. The molecule has 0 atom stereocenters. The van der Waals surface area contributed by atoms with Gasteiger partial charge in [0.2, 0.25) is 5.91 Å². The minimum Gasteiger partial charge on any atom is -0.352 e. The van der Waals surface area contributed by atoms with Crippen molar-refractivity contribution in [1.29, 1.82) is 0 Å². The number of nitrogens with zero attached hydrogens (tertiary/aromatic N) is 1. The zero-order valence-corrected chi connectivity index (χ0v) is 11.9. The first-order valence-electron chi connectivity index (χ1n) is 6.50. The maximum absolute atomic E-state index is 11.8. The van der Waals surface area contributed by atoms with Gasteiger partial charge in [-0.05, 0) is 36.5 Å². The Balaban J connectivity index is 1.61. The fourth-order valence-electron chi connectivity index (χ4n) is 2.46. The molecule has 4 heteroatoms. The molecule has 0 radical (unpaired) electrons. The summed E-state index contributed by atoms with van der Waals surface area (Å²) in [6.45, 7) is 2.38. The molecule has 0 unspecified atom stereocenters. The van der Waals surface area contributed by atoms with Crippen LogP contribution in [0.3, 0.4) is 0 Å². The number of fused-ring (bicyclic) bond motifs is 1. The van der Waals surface area contributed by atoms with Crippen molar-refractivity contribution in [2.24, 2.45) is 0 Å². The van der Waals surface area contributed by atoms with Gasteiger partial charge in [0.15, 0.2) is 0 Å². The van der Waals surface area contributed by atoms with Crippen LogP contribution in [0, 0.1) is 0 Å². The van der Waals surface area contributed by atoms with E-state index in [4.69, 9.17) is 0 Å². The van der Waals surface area contributed by atoms with Gasteiger partial charge in [0.1, 0.15) is 0 Å². The van der Waals surface area contributed by atoms with E-state index in [1.807, 2.05) is 0 Å². The molecule has 2 aliphatic rings. The van der Waals surface area contributed by atoms with Gasteiger partial charge in [0, 0.05) is 23.6 Å². The molecule has 0 bridgehead atoms. The summed E-state index contributed by atoms with van der Waals surface area (Å²) in [7, 11) is 0. The van der Waals surface area contributed by atoms with Crippen LogP contribution in [0.5, 0.6) is 0 Å². The molecule has 0 spiro atoms. The summed E-state index contributed by atoms with van der Waals surface area (Å²) in [4.78, 5) is 14.0. The number of hydrogen-bond acceptors (Lipinski definition) is 2. The van der Waals surface area contributed by atoms with Crippen LogP contribution in [0.4, 0.5) is 0 Å². The van der Waals surface area contributed by atoms with E-state index in [0.717, 1.165) is 32.4 Å². The molecule has 3 nitrogen and oxygen atoms in total. The predicted molar refractivity (Wildman–Crippen MR) is 74.3 cm³/mol. The van der Waals surface area contributed by atoms with Gasteiger partial charge < -0.3 is 5.32 Å². The van der Waals surface area contributed by atoms with Crippen molar-refractivity contribution in [2.75, 3.05) is 13.1 Å². The first-order chi connectivity index (χ1) is 8.72. The molecule has 96 valence electrons. The Morgan fingerprint density at radius 3 is 3.06 bits per heavy atom. The molecule has 1 aliphatic carbocycles. The van der Waals surface area contributed by atoms with Gasteiger partial charge >= 0.3 is 0 Å². The second-order valence-electron chi connectivity index (χ2n) is 5.18. The molecule has 1 fully saturated rings. The smallest absolute Gasteiger partial charge is 0.234 e. The van der Waals surface area contributed by atoms with Gasteiger partial charge in [-0.25, -0.2) is 0 Å². The number of rotatable bonds is 3. The Labute approximate surface area is 116 Å². The van der Waals surface area contributed by atoms with Crippen LogP contribution < -0.4 is 5.32 Å². The molecule has 18 heavy (non-hydrogen) atoms. The molecule has 0 saturated heterocycles. The van der Waals surface area contributed by atoms with Gasteiger partial charge in [0.05, 0.1) is 6.54 Å². The van der Waals surface area contributed by atoms with Crippen molar-refractivity contribution in [3.8, 4) is 0 Å². The highest BCUT2D eigenvalue weighted by atomic mass is 79.9. The summed E-state index contributed by atoms with van der Waals surface area (Å²) < 4.78 is 1.20. The van der Waals surface area contributed by atoms with Crippen LogP contribution in [0.2, 0.25) is 0 Å². The number of hydrogen-bond donors (Lipinski definition) is 1. The number of amides is 1. The Bertz CT molecular complexity index is 471. The van der Waals surface area contributed by atoms with Crippen LogP contribution in [-0.4, -0.2) is 29.9 Å². The zero-order chi connectivity index (χ0) is 12.5. The average Bonchev–Trinajstić information content (AvgIpc) is 3.13. The van der Waals surface area contributed by atoms with E-state index in [9.17, 15) is 4.79 Å². The topological polar surface area (TPSA) is 32.3 Å². The molecule has 1 aliphatic heterocycles. The van der Waals surface area contributed by atoms with Crippen LogP contribution >= 0.6 is 15.9 Å². The van der Waals surface area contributed by atoms with E-state index < -0.39 is 0 Å². The highest BCUT2D eigenvalue weighted by Gasteiger charge is 2.25. The van der Waals surface area contributed by atoms with Gasteiger partial charge in [-0.3, -0.25) is 9.69 Å². The van der Waals surface area contributed by atoms with Crippen LogP contribution in [0.15, 0.2) is 22.7 Å². The second-order valence-corrected chi connectivity index (χ2v) is 6.03. The quantitative estimate of drug-likeness (QED) is 0.927. The minimum atomic E-state index is 0.177.